The zero-order valence-electron chi connectivity index (χ0n) is 34.9. The number of esters is 1. The first-order chi connectivity index (χ1) is 27.1. The van der Waals surface area contributed by atoms with E-state index in [1.54, 1.807) is 31.1 Å². The lowest BCUT2D eigenvalue weighted by Crippen LogP contribution is -2.70. The fourth-order valence-electron chi connectivity index (χ4n) is 7.71. The molecule has 1 fully saturated rings. The highest BCUT2D eigenvalue weighted by Gasteiger charge is 2.59. The van der Waals surface area contributed by atoms with Crippen LogP contribution in [-0.2, 0) is 29.9 Å². The van der Waals surface area contributed by atoms with Crippen molar-refractivity contribution in [3.63, 3.8) is 0 Å². The average Bonchev–Trinajstić information content (AvgIpc) is 3.66. The Hall–Kier alpha value is -4.75. The van der Waals surface area contributed by atoms with Crippen LogP contribution in [0.5, 0.6) is 28.7 Å². The Kier molecular flexibility index (Phi) is 13.5. The summed E-state index contributed by atoms with van der Waals surface area (Å²) in [7, 11) is 0.531. The summed E-state index contributed by atoms with van der Waals surface area (Å²) in [6, 6.07) is 1.27. The van der Waals surface area contributed by atoms with E-state index in [2.05, 4.69) is 53.1 Å². The average molecular weight is 808 g/mol. The van der Waals surface area contributed by atoms with E-state index in [1.807, 2.05) is 24.8 Å². The summed E-state index contributed by atoms with van der Waals surface area (Å²) in [5.41, 5.74) is 3.34. The predicted molar refractivity (Wildman–Crippen MR) is 214 cm³/mol. The number of nitrogens with zero attached hydrogens (tertiary/aromatic N) is 3. The zero-order chi connectivity index (χ0) is 41.8. The van der Waals surface area contributed by atoms with E-state index < -0.39 is 50.6 Å². The largest absolute Gasteiger partial charge is 0.493 e. The Morgan fingerprint density at radius 1 is 1.05 bits per heavy atom. The van der Waals surface area contributed by atoms with Gasteiger partial charge in [0, 0.05) is 23.8 Å². The van der Waals surface area contributed by atoms with Crippen molar-refractivity contribution in [3.05, 3.63) is 65.3 Å². The summed E-state index contributed by atoms with van der Waals surface area (Å²) >= 11 is 0. The van der Waals surface area contributed by atoms with Gasteiger partial charge in [0.15, 0.2) is 38.1 Å². The number of methoxy groups -OCH3 is 2. The minimum Gasteiger partial charge on any atom is -0.493 e. The molecule has 5 rings (SSSR count). The molecule has 0 radical (unpaired) electrons. The van der Waals surface area contributed by atoms with Crippen LogP contribution in [0.1, 0.15) is 67.6 Å². The highest BCUT2D eigenvalue weighted by atomic mass is 28.4. The summed E-state index contributed by atoms with van der Waals surface area (Å²) < 4.78 is 54.4. The van der Waals surface area contributed by atoms with E-state index in [0.29, 0.717) is 45.4 Å². The summed E-state index contributed by atoms with van der Waals surface area (Å²) in [5, 5.41) is 11.2. The van der Waals surface area contributed by atoms with Gasteiger partial charge in [0.2, 0.25) is 6.79 Å². The molecule has 0 spiro atoms. The molecule has 5 atom stereocenters. The maximum Gasteiger partial charge on any atom is 0.411 e. The standard InChI is InChI=1S/C42H57N3O11Si/c1-13-16-51-39-33-27(18-25(4)36(39)49-10)19-29-30(21-43)44(31(22-56-57(11,12)42(6,7)8)35(33)45(29)41(47)52-17-14-2)34(40(46)50-15-3)28-20-32(53-23-48-9)26(5)37-38(28)55-24-54-37/h13-14,18,20,29-31,34-35H,1-2,15-17,19,22-24H2,3-12H3/t29-,30+,31-,34-,35-/m0/s1. The quantitative estimate of drug-likeness (QED) is 0.0737. The third-order valence-electron chi connectivity index (χ3n) is 11.3. The lowest BCUT2D eigenvalue weighted by molar-refractivity contribution is -0.158. The molecule has 310 valence electrons. The van der Waals surface area contributed by atoms with Crippen molar-refractivity contribution in [2.75, 3.05) is 54.2 Å². The molecule has 2 aromatic carbocycles. The van der Waals surface area contributed by atoms with E-state index in [9.17, 15) is 14.9 Å². The number of carbonyl (C=O) groups excluding carboxylic acids is 2. The molecular formula is C42H57N3O11Si. The van der Waals surface area contributed by atoms with Crippen molar-refractivity contribution >= 4 is 20.4 Å². The fourth-order valence-corrected chi connectivity index (χ4v) is 8.73. The molecule has 2 bridgehead atoms. The van der Waals surface area contributed by atoms with Gasteiger partial charge in [-0.25, -0.2) is 9.59 Å². The third kappa shape index (κ3) is 8.18. The van der Waals surface area contributed by atoms with Gasteiger partial charge < -0.3 is 42.3 Å². The lowest BCUT2D eigenvalue weighted by Gasteiger charge is -2.58. The number of ether oxygens (including phenoxy) is 8. The zero-order valence-corrected chi connectivity index (χ0v) is 35.9. The van der Waals surface area contributed by atoms with Gasteiger partial charge in [-0.2, -0.15) is 5.26 Å². The number of hydrogen-bond donors (Lipinski definition) is 0. The van der Waals surface area contributed by atoms with Crippen LogP contribution in [0.15, 0.2) is 37.4 Å². The van der Waals surface area contributed by atoms with E-state index in [-0.39, 0.29) is 51.5 Å². The van der Waals surface area contributed by atoms with Crippen LogP contribution in [0.4, 0.5) is 4.79 Å². The molecule has 0 aromatic heterocycles. The SMILES string of the molecule is C=CCOC(=O)N1[C@@H]2c3c(cc(C)c(OC)c3OCC=C)C[C@H]1[C@@H](C#N)N([C@H](C(=O)OCC)c1cc(OCOC)c(C)c3c1OCO3)[C@H]2CO[Si](C)(C)C(C)(C)C. The smallest absolute Gasteiger partial charge is 0.411 e. The van der Waals surface area contributed by atoms with Crippen molar-refractivity contribution in [3.8, 4) is 34.8 Å². The highest BCUT2D eigenvalue weighted by Crippen LogP contribution is 2.55. The maximum atomic E-state index is 14.8. The maximum absolute atomic E-state index is 14.8. The van der Waals surface area contributed by atoms with Gasteiger partial charge in [-0.05, 0) is 62.5 Å². The second kappa shape index (κ2) is 17.8. The fraction of sp³-hybridized carbons (Fsp3) is 0.548. The van der Waals surface area contributed by atoms with Crippen LogP contribution in [0.2, 0.25) is 18.1 Å². The van der Waals surface area contributed by atoms with Crippen LogP contribution >= 0.6 is 0 Å². The van der Waals surface area contributed by atoms with Crippen LogP contribution in [0.25, 0.3) is 0 Å². The molecule has 3 aliphatic rings. The molecule has 0 saturated carbocycles. The molecule has 1 amide bonds. The predicted octanol–water partition coefficient (Wildman–Crippen LogP) is 7.08. The number of piperazine rings is 1. The van der Waals surface area contributed by atoms with Crippen molar-refractivity contribution in [1.29, 1.82) is 5.26 Å². The number of amides is 1. The summed E-state index contributed by atoms with van der Waals surface area (Å²) in [4.78, 5) is 32.7. The van der Waals surface area contributed by atoms with Crippen LogP contribution < -0.4 is 23.7 Å². The molecule has 57 heavy (non-hydrogen) atoms. The Labute approximate surface area is 337 Å². The number of hydrogen-bond acceptors (Lipinski definition) is 13. The third-order valence-corrected chi connectivity index (χ3v) is 15.8. The first kappa shape index (κ1) is 43.4. The Bertz CT molecular complexity index is 1890. The molecule has 14 nitrogen and oxygen atoms in total. The van der Waals surface area contributed by atoms with Crippen molar-refractivity contribution in [2.45, 2.75) is 96.3 Å². The van der Waals surface area contributed by atoms with E-state index in [1.165, 1.54) is 13.2 Å². The molecular weight excluding hydrogens is 751 g/mol. The number of rotatable bonds is 16. The molecule has 2 aromatic rings. The van der Waals surface area contributed by atoms with Gasteiger partial charge in [-0.3, -0.25) is 9.80 Å². The Morgan fingerprint density at radius 3 is 2.37 bits per heavy atom. The van der Waals surface area contributed by atoms with Crippen molar-refractivity contribution in [2.24, 2.45) is 0 Å². The minimum absolute atomic E-state index is 0.00216. The minimum atomic E-state index is -2.54. The summed E-state index contributed by atoms with van der Waals surface area (Å²) in [6.45, 7) is 23.7. The van der Waals surface area contributed by atoms with Gasteiger partial charge in [-0.15, -0.1) is 0 Å². The van der Waals surface area contributed by atoms with Crippen LogP contribution in [0.3, 0.4) is 0 Å². The molecule has 0 unspecified atom stereocenters. The molecule has 3 heterocycles. The number of fused-ring (bicyclic) bond motifs is 5. The first-order valence-electron chi connectivity index (χ1n) is 19.1. The normalized spacial score (nSPS) is 20.5. The number of aryl methyl sites for hydroxylation is 1. The van der Waals surface area contributed by atoms with Gasteiger partial charge in [0.1, 0.15) is 31.0 Å². The summed E-state index contributed by atoms with van der Waals surface area (Å²) in [5.74, 6) is 1.37. The summed E-state index contributed by atoms with van der Waals surface area (Å²) in [6.07, 6.45) is 2.69. The van der Waals surface area contributed by atoms with E-state index in [0.717, 1.165) is 11.1 Å². The second-order valence-corrected chi connectivity index (χ2v) is 20.5. The Balaban J connectivity index is 1.89. The van der Waals surface area contributed by atoms with E-state index in [4.69, 9.17) is 42.3 Å². The van der Waals surface area contributed by atoms with Gasteiger partial charge in [0.25, 0.3) is 0 Å². The molecule has 15 heteroatoms. The van der Waals surface area contributed by atoms with Crippen LogP contribution in [0, 0.1) is 25.2 Å². The van der Waals surface area contributed by atoms with Gasteiger partial charge in [-0.1, -0.05) is 52.1 Å². The van der Waals surface area contributed by atoms with E-state index >= 15 is 0 Å². The second-order valence-electron chi connectivity index (χ2n) is 15.7. The molecule has 0 N–H and O–H groups in total. The highest BCUT2D eigenvalue weighted by molar-refractivity contribution is 6.74. The van der Waals surface area contributed by atoms with Gasteiger partial charge in [0.05, 0.1) is 44.5 Å². The molecule has 1 saturated heterocycles. The molecule has 0 aliphatic carbocycles. The molecule has 3 aliphatic heterocycles. The van der Waals surface area contributed by atoms with Gasteiger partial charge >= 0.3 is 12.1 Å². The number of benzene rings is 2. The first-order valence-corrected chi connectivity index (χ1v) is 22.0. The monoisotopic (exact) mass is 807 g/mol. The Morgan fingerprint density at radius 2 is 1.75 bits per heavy atom. The number of carbonyl (C=O) groups is 2. The van der Waals surface area contributed by atoms with Crippen LogP contribution in [-0.4, -0.2) is 103 Å². The van der Waals surface area contributed by atoms with Crippen molar-refractivity contribution < 1.29 is 51.9 Å². The lowest BCUT2D eigenvalue weighted by atomic mass is 9.76. The van der Waals surface area contributed by atoms with Crippen molar-refractivity contribution in [1.82, 2.24) is 9.80 Å². The number of nitriles is 1. The topological polar surface area (TPSA) is 147 Å².